The molecule has 1 aromatic heterocycles. The Kier molecular flexibility index (Phi) is 3.91. The van der Waals surface area contributed by atoms with Gasteiger partial charge in [-0.15, -0.1) is 11.3 Å². The van der Waals surface area contributed by atoms with Crippen LogP contribution < -0.4 is 0 Å². The Morgan fingerprint density at radius 2 is 2.22 bits per heavy atom. The molecule has 2 rings (SSSR count). The summed E-state index contributed by atoms with van der Waals surface area (Å²) in [4.78, 5) is 27.1. The first-order chi connectivity index (χ1) is 8.47. The topological polar surface area (TPSA) is 87.5 Å². The fraction of sp³-hybridized carbons (Fsp3) is 0.545. The van der Waals surface area contributed by atoms with E-state index in [2.05, 4.69) is 4.98 Å². The van der Waals surface area contributed by atoms with Crippen LogP contribution in [-0.4, -0.2) is 32.4 Å². The van der Waals surface area contributed by atoms with Gasteiger partial charge >= 0.3 is 11.9 Å². The van der Waals surface area contributed by atoms with Crippen LogP contribution in [0.5, 0.6) is 0 Å². The third-order valence-electron chi connectivity index (χ3n) is 2.89. The third kappa shape index (κ3) is 2.84. The van der Waals surface area contributed by atoms with Gasteiger partial charge in [0, 0.05) is 4.88 Å². The quantitative estimate of drug-likeness (QED) is 0.822. The Bertz CT molecular complexity index is 485. The van der Waals surface area contributed by atoms with Crippen LogP contribution in [0.1, 0.15) is 23.9 Å². The van der Waals surface area contributed by atoms with Crippen molar-refractivity contribution in [2.45, 2.75) is 35.8 Å². The first kappa shape index (κ1) is 13.4. The van der Waals surface area contributed by atoms with Crippen molar-refractivity contribution in [3.63, 3.8) is 0 Å². The van der Waals surface area contributed by atoms with E-state index in [-0.39, 0.29) is 5.92 Å². The van der Waals surface area contributed by atoms with E-state index in [0.29, 0.717) is 19.3 Å². The van der Waals surface area contributed by atoms with E-state index in [4.69, 9.17) is 10.2 Å². The van der Waals surface area contributed by atoms with E-state index in [9.17, 15) is 9.59 Å². The van der Waals surface area contributed by atoms with Gasteiger partial charge in [0.05, 0.1) is 11.6 Å². The van der Waals surface area contributed by atoms with Crippen molar-refractivity contribution in [2.75, 3.05) is 0 Å². The highest BCUT2D eigenvalue weighted by atomic mass is 32.2. The summed E-state index contributed by atoms with van der Waals surface area (Å²) < 4.78 is 0.723. The number of fused-ring (bicyclic) bond motifs is 1. The largest absolute Gasteiger partial charge is 0.481 e. The molecule has 0 spiro atoms. The summed E-state index contributed by atoms with van der Waals surface area (Å²) in [5.41, 5.74) is 0.942. The Morgan fingerprint density at radius 3 is 2.83 bits per heavy atom. The van der Waals surface area contributed by atoms with Crippen molar-refractivity contribution in [1.82, 2.24) is 4.98 Å². The fourth-order valence-electron chi connectivity index (χ4n) is 1.81. The molecule has 0 amide bonds. The van der Waals surface area contributed by atoms with Gasteiger partial charge in [-0.1, -0.05) is 11.8 Å². The number of thioether (sulfide) groups is 1. The Balaban J connectivity index is 2.10. The molecule has 1 aliphatic carbocycles. The summed E-state index contributed by atoms with van der Waals surface area (Å²) in [6.45, 7) is 1.62. The molecule has 2 atom stereocenters. The second-order valence-corrected chi connectivity index (χ2v) is 6.90. The van der Waals surface area contributed by atoms with Crippen LogP contribution >= 0.6 is 23.1 Å². The van der Waals surface area contributed by atoms with Gasteiger partial charge in [0.25, 0.3) is 0 Å². The molecule has 18 heavy (non-hydrogen) atoms. The van der Waals surface area contributed by atoms with Crippen molar-refractivity contribution >= 4 is 35.0 Å². The van der Waals surface area contributed by atoms with Crippen LogP contribution in [0.4, 0.5) is 0 Å². The van der Waals surface area contributed by atoms with Crippen LogP contribution in [0.3, 0.4) is 0 Å². The van der Waals surface area contributed by atoms with Gasteiger partial charge in [-0.2, -0.15) is 0 Å². The maximum atomic E-state index is 10.9. The van der Waals surface area contributed by atoms with Crippen LogP contribution in [0, 0.1) is 5.92 Å². The number of hydrogen-bond acceptors (Lipinski definition) is 5. The minimum Gasteiger partial charge on any atom is -0.481 e. The zero-order valence-corrected chi connectivity index (χ0v) is 11.4. The average Bonchev–Trinajstić information content (AvgIpc) is 2.69. The predicted molar refractivity (Wildman–Crippen MR) is 68.2 cm³/mol. The van der Waals surface area contributed by atoms with E-state index < -0.39 is 17.2 Å². The lowest BCUT2D eigenvalue weighted by Crippen LogP contribution is -2.21. The van der Waals surface area contributed by atoms with Gasteiger partial charge in [0.15, 0.2) is 4.34 Å². The molecule has 0 aromatic carbocycles. The van der Waals surface area contributed by atoms with E-state index in [1.54, 1.807) is 6.92 Å². The molecule has 0 fully saturated rings. The number of aromatic nitrogens is 1. The fourth-order valence-corrected chi connectivity index (χ4v) is 4.22. The molecular formula is C11H13NO4S2. The summed E-state index contributed by atoms with van der Waals surface area (Å²) in [5, 5.41) is 17.3. The molecule has 1 aliphatic rings. The highest BCUT2D eigenvalue weighted by molar-refractivity contribution is 8.02. The van der Waals surface area contributed by atoms with E-state index in [0.717, 1.165) is 14.9 Å². The number of carboxylic acids is 2. The van der Waals surface area contributed by atoms with Crippen LogP contribution in [0.2, 0.25) is 0 Å². The van der Waals surface area contributed by atoms with Crippen molar-refractivity contribution in [1.29, 1.82) is 0 Å². The standard InChI is InChI=1S/C11H13NO4S2/c1-5(9(13)14)17-11-12-7-3-2-6(10(15)16)4-8(7)18-11/h5-6H,2-4H2,1H3,(H,13,14)(H,15,16)/t5-,6+/m0/s1. The number of rotatable bonds is 4. The molecule has 0 saturated carbocycles. The Morgan fingerprint density at radius 1 is 1.50 bits per heavy atom. The number of hydrogen-bond donors (Lipinski definition) is 2. The average molecular weight is 287 g/mol. The minimum atomic E-state index is -0.864. The minimum absolute atomic E-state index is 0.326. The highest BCUT2D eigenvalue weighted by Gasteiger charge is 2.27. The molecule has 0 bridgehead atoms. The van der Waals surface area contributed by atoms with Gasteiger partial charge in [-0.25, -0.2) is 4.98 Å². The van der Waals surface area contributed by atoms with E-state index in [1.807, 2.05) is 0 Å². The molecule has 7 heteroatoms. The van der Waals surface area contributed by atoms with Crippen LogP contribution in [0.25, 0.3) is 0 Å². The molecular weight excluding hydrogens is 274 g/mol. The van der Waals surface area contributed by atoms with Gasteiger partial charge < -0.3 is 10.2 Å². The number of thiazole rings is 1. The second-order valence-electron chi connectivity index (χ2n) is 4.23. The lowest BCUT2D eigenvalue weighted by molar-refractivity contribution is -0.142. The maximum absolute atomic E-state index is 10.9. The molecule has 98 valence electrons. The summed E-state index contributed by atoms with van der Waals surface area (Å²) in [5.74, 6) is -1.95. The number of nitrogens with zero attached hydrogens (tertiary/aromatic N) is 1. The monoisotopic (exact) mass is 287 g/mol. The first-order valence-corrected chi connectivity index (χ1v) is 7.28. The Labute approximate surface area is 112 Å². The highest BCUT2D eigenvalue weighted by Crippen LogP contribution is 2.35. The van der Waals surface area contributed by atoms with Gasteiger partial charge in [-0.3, -0.25) is 9.59 Å². The Hall–Kier alpha value is -1.08. The van der Waals surface area contributed by atoms with E-state index >= 15 is 0 Å². The molecule has 2 N–H and O–H groups in total. The van der Waals surface area contributed by atoms with Gasteiger partial charge in [0.2, 0.25) is 0 Å². The zero-order valence-electron chi connectivity index (χ0n) is 9.75. The third-order valence-corrected chi connectivity index (χ3v) is 5.20. The van der Waals surface area contributed by atoms with Crippen molar-refractivity contribution in [3.05, 3.63) is 10.6 Å². The van der Waals surface area contributed by atoms with Crippen LogP contribution in [0.15, 0.2) is 4.34 Å². The van der Waals surface area contributed by atoms with Crippen molar-refractivity contribution in [2.24, 2.45) is 5.92 Å². The SMILES string of the molecule is C[C@H](Sc1nc2c(s1)C[C@H](C(=O)O)CC2)C(=O)O. The van der Waals surface area contributed by atoms with E-state index in [1.165, 1.54) is 23.1 Å². The predicted octanol–water partition coefficient (Wildman–Crippen LogP) is 1.90. The van der Waals surface area contributed by atoms with Crippen molar-refractivity contribution in [3.8, 4) is 0 Å². The summed E-state index contributed by atoms with van der Waals surface area (Å²) in [7, 11) is 0. The zero-order chi connectivity index (χ0) is 13.3. The normalized spacial score (nSPS) is 20.2. The molecule has 5 nitrogen and oxygen atoms in total. The number of carbonyl (C=O) groups is 2. The molecule has 0 unspecified atom stereocenters. The van der Waals surface area contributed by atoms with Crippen molar-refractivity contribution < 1.29 is 19.8 Å². The molecule has 0 radical (unpaired) electrons. The second kappa shape index (κ2) is 5.27. The lowest BCUT2D eigenvalue weighted by Gasteiger charge is -2.16. The van der Waals surface area contributed by atoms with Crippen LogP contribution in [-0.2, 0) is 22.4 Å². The smallest absolute Gasteiger partial charge is 0.316 e. The lowest BCUT2D eigenvalue weighted by atomic mass is 9.91. The molecule has 0 aliphatic heterocycles. The maximum Gasteiger partial charge on any atom is 0.316 e. The molecule has 1 heterocycles. The van der Waals surface area contributed by atoms with Gasteiger partial charge in [-0.05, 0) is 26.2 Å². The van der Waals surface area contributed by atoms with Gasteiger partial charge in [0.1, 0.15) is 5.25 Å². The summed E-state index contributed by atoms with van der Waals surface area (Å²) in [6.07, 6.45) is 1.81. The summed E-state index contributed by atoms with van der Waals surface area (Å²) >= 11 is 2.64. The number of aliphatic carboxylic acids is 2. The molecule has 0 saturated heterocycles. The number of aryl methyl sites for hydroxylation is 1. The first-order valence-electron chi connectivity index (χ1n) is 5.58. The summed E-state index contributed by atoms with van der Waals surface area (Å²) in [6, 6.07) is 0. The number of carboxylic acid groups (broad SMARTS) is 2. The molecule has 1 aromatic rings.